The molecule has 4 N–H and O–H groups in total. The summed E-state index contributed by atoms with van der Waals surface area (Å²) in [7, 11) is 0. The number of primary amides is 1. The Morgan fingerprint density at radius 2 is 2.09 bits per heavy atom. The average molecular weight is 317 g/mol. The molecule has 0 saturated heterocycles. The lowest BCUT2D eigenvalue weighted by molar-refractivity contribution is 0.0996. The van der Waals surface area contributed by atoms with Gasteiger partial charge in [-0.15, -0.1) is 0 Å². The Hall–Kier alpha value is -1.97. The Bertz CT molecular complexity index is 620. The molecule has 0 aromatic heterocycles. The number of hydrogen-bond acceptors (Lipinski definition) is 3. The molecule has 0 radical (unpaired) electrons. The maximum Gasteiger partial charge on any atom is 0.252 e. The molecular formula is C19H27NO3. The Morgan fingerprint density at radius 1 is 1.35 bits per heavy atom. The molecule has 0 aliphatic heterocycles. The van der Waals surface area contributed by atoms with Crippen molar-refractivity contribution in [3.05, 3.63) is 34.4 Å². The third-order valence-electron chi connectivity index (χ3n) is 4.64. The fraction of sp³-hybridized carbons (Fsp3) is 0.526. The fourth-order valence-electron chi connectivity index (χ4n) is 3.46. The highest BCUT2D eigenvalue weighted by atomic mass is 16.3. The van der Waals surface area contributed by atoms with E-state index < -0.39 is 5.91 Å². The van der Waals surface area contributed by atoms with Gasteiger partial charge < -0.3 is 15.9 Å². The Labute approximate surface area is 138 Å². The highest BCUT2D eigenvalue weighted by molar-refractivity contribution is 5.98. The molecule has 4 nitrogen and oxygen atoms in total. The summed E-state index contributed by atoms with van der Waals surface area (Å²) in [4.78, 5) is 11.9. The number of phenols is 2. The summed E-state index contributed by atoms with van der Waals surface area (Å²) in [5.41, 5.74) is 8.00. The first-order valence-electron chi connectivity index (χ1n) is 8.50. The van der Waals surface area contributed by atoms with Crippen LogP contribution in [0.3, 0.4) is 0 Å². The standard InChI is InChI=1S/C19H27NO3/c1-3-4-5-8-14-11-15(21)16(18(22)17(14)19(20)23)13-9-6-7-12(2)10-13/h10-11,13,21-22H,3-9H2,1-2H3,(H2,20,23). The maximum absolute atomic E-state index is 11.9. The van der Waals surface area contributed by atoms with E-state index in [1.807, 2.05) is 6.92 Å². The number of phenolic OH excluding ortho intramolecular Hbond substituents is 1. The van der Waals surface area contributed by atoms with Crippen molar-refractivity contribution in [2.45, 2.75) is 64.7 Å². The lowest BCUT2D eigenvalue weighted by atomic mass is 9.83. The van der Waals surface area contributed by atoms with Crippen molar-refractivity contribution >= 4 is 5.91 Å². The lowest BCUT2D eigenvalue weighted by Gasteiger charge is -2.23. The van der Waals surface area contributed by atoms with Gasteiger partial charge in [-0.3, -0.25) is 4.79 Å². The lowest BCUT2D eigenvalue weighted by Crippen LogP contribution is -2.16. The van der Waals surface area contributed by atoms with Crippen LogP contribution in [0.25, 0.3) is 0 Å². The topological polar surface area (TPSA) is 83.6 Å². The number of unbranched alkanes of at least 4 members (excludes halogenated alkanes) is 2. The Kier molecular flexibility index (Phi) is 5.69. The normalized spacial score (nSPS) is 17.8. The monoisotopic (exact) mass is 317 g/mol. The summed E-state index contributed by atoms with van der Waals surface area (Å²) in [6, 6.07) is 1.61. The van der Waals surface area contributed by atoms with Crippen LogP contribution in [-0.2, 0) is 6.42 Å². The smallest absolute Gasteiger partial charge is 0.252 e. The first-order valence-corrected chi connectivity index (χ1v) is 8.50. The predicted octanol–water partition coefficient (Wildman–Crippen LogP) is 4.14. The molecule has 0 bridgehead atoms. The molecule has 2 rings (SSSR count). The van der Waals surface area contributed by atoms with Gasteiger partial charge in [0.25, 0.3) is 5.91 Å². The van der Waals surface area contributed by atoms with Gasteiger partial charge in [-0.25, -0.2) is 0 Å². The van der Waals surface area contributed by atoms with Crippen molar-refractivity contribution in [3.8, 4) is 11.5 Å². The highest BCUT2D eigenvalue weighted by Crippen LogP contribution is 2.43. The summed E-state index contributed by atoms with van der Waals surface area (Å²) in [5, 5.41) is 21.1. The van der Waals surface area contributed by atoms with Crippen LogP contribution >= 0.6 is 0 Å². The molecule has 1 amide bonds. The van der Waals surface area contributed by atoms with Crippen molar-refractivity contribution in [2.75, 3.05) is 0 Å². The van der Waals surface area contributed by atoms with Gasteiger partial charge in [0, 0.05) is 11.5 Å². The van der Waals surface area contributed by atoms with Gasteiger partial charge in [0.2, 0.25) is 0 Å². The van der Waals surface area contributed by atoms with Crippen LogP contribution in [0.2, 0.25) is 0 Å². The summed E-state index contributed by atoms with van der Waals surface area (Å²) in [5.74, 6) is -0.770. The van der Waals surface area contributed by atoms with Crippen LogP contribution in [0.15, 0.2) is 17.7 Å². The van der Waals surface area contributed by atoms with E-state index in [0.717, 1.165) is 38.5 Å². The average Bonchev–Trinajstić information content (AvgIpc) is 2.46. The zero-order chi connectivity index (χ0) is 17.0. The molecule has 126 valence electrons. The van der Waals surface area contributed by atoms with Gasteiger partial charge in [0.05, 0.1) is 5.56 Å². The van der Waals surface area contributed by atoms with E-state index in [2.05, 4.69) is 13.0 Å². The number of aromatic hydroxyl groups is 2. The van der Waals surface area contributed by atoms with Crippen molar-refractivity contribution < 1.29 is 15.0 Å². The summed E-state index contributed by atoms with van der Waals surface area (Å²) in [6.45, 7) is 4.15. The van der Waals surface area contributed by atoms with E-state index >= 15 is 0 Å². The van der Waals surface area contributed by atoms with Crippen molar-refractivity contribution in [1.82, 2.24) is 0 Å². The molecule has 0 fully saturated rings. The number of hydrogen-bond donors (Lipinski definition) is 3. The van der Waals surface area contributed by atoms with Gasteiger partial charge in [0.15, 0.2) is 0 Å². The molecule has 1 unspecified atom stereocenters. The number of carbonyl (C=O) groups is 1. The third kappa shape index (κ3) is 3.87. The minimum Gasteiger partial charge on any atom is -0.507 e. The minimum absolute atomic E-state index is 0.0634. The molecule has 1 aromatic rings. The van der Waals surface area contributed by atoms with Gasteiger partial charge in [0.1, 0.15) is 11.5 Å². The van der Waals surface area contributed by atoms with Crippen LogP contribution in [0.5, 0.6) is 11.5 Å². The molecule has 1 aromatic carbocycles. The molecule has 0 saturated carbocycles. The molecular weight excluding hydrogens is 290 g/mol. The largest absolute Gasteiger partial charge is 0.507 e. The maximum atomic E-state index is 11.9. The number of carbonyl (C=O) groups excluding carboxylic acids is 1. The minimum atomic E-state index is -0.633. The summed E-state index contributed by atoms with van der Waals surface area (Å²) < 4.78 is 0. The van der Waals surface area contributed by atoms with Crippen LogP contribution in [0.1, 0.15) is 79.8 Å². The Morgan fingerprint density at radius 3 is 2.70 bits per heavy atom. The van der Waals surface area contributed by atoms with Crippen LogP contribution < -0.4 is 5.73 Å². The van der Waals surface area contributed by atoms with Crippen molar-refractivity contribution in [1.29, 1.82) is 0 Å². The van der Waals surface area contributed by atoms with Crippen molar-refractivity contribution in [2.24, 2.45) is 5.73 Å². The highest BCUT2D eigenvalue weighted by Gasteiger charge is 2.26. The molecule has 23 heavy (non-hydrogen) atoms. The van der Waals surface area contributed by atoms with E-state index in [9.17, 15) is 15.0 Å². The van der Waals surface area contributed by atoms with E-state index in [4.69, 9.17) is 5.73 Å². The quantitative estimate of drug-likeness (QED) is 0.544. The molecule has 1 aliphatic rings. The number of amides is 1. The number of benzene rings is 1. The molecule has 4 heteroatoms. The van der Waals surface area contributed by atoms with E-state index in [1.165, 1.54) is 5.57 Å². The van der Waals surface area contributed by atoms with Crippen LogP contribution in [0, 0.1) is 0 Å². The predicted molar refractivity (Wildman–Crippen MR) is 91.9 cm³/mol. The van der Waals surface area contributed by atoms with E-state index in [-0.39, 0.29) is 23.0 Å². The van der Waals surface area contributed by atoms with Gasteiger partial charge in [-0.05, 0) is 50.7 Å². The molecule has 0 heterocycles. The second-order valence-electron chi connectivity index (χ2n) is 6.53. The summed E-state index contributed by atoms with van der Waals surface area (Å²) >= 11 is 0. The number of rotatable bonds is 6. The number of allylic oxidation sites excluding steroid dienone is 2. The third-order valence-corrected chi connectivity index (χ3v) is 4.64. The number of nitrogens with two attached hydrogens (primary N) is 1. The first-order chi connectivity index (χ1) is 11.0. The van der Waals surface area contributed by atoms with Crippen molar-refractivity contribution in [3.63, 3.8) is 0 Å². The van der Waals surface area contributed by atoms with Gasteiger partial charge >= 0.3 is 0 Å². The van der Waals surface area contributed by atoms with Crippen LogP contribution in [0.4, 0.5) is 0 Å². The fourth-order valence-corrected chi connectivity index (χ4v) is 3.46. The zero-order valence-electron chi connectivity index (χ0n) is 14.1. The molecule has 0 spiro atoms. The van der Waals surface area contributed by atoms with Gasteiger partial charge in [-0.2, -0.15) is 0 Å². The zero-order valence-corrected chi connectivity index (χ0v) is 14.1. The Balaban J connectivity index is 2.46. The summed E-state index contributed by atoms with van der Waals surface area (Å²) in [6.07, 6.45) is 8.60. The first kappa shape index (κ1) is 17.4. The van der Waals surface area contributed by atoms with Crippen LogP contribution in [-0.4, -0.2) is 16.1 Å². The van der Waals surface area contributed by atoms with E-state index in [0.29, 0.717) is 17.5 Å². The molecule has 1 atom stereocenters. The second-order valence-corrected chi connectivity index (χ2v) is 6.53. The van der Waals surface area contributed by atoms with E-state index in [1.54, 1.807) is 6.07 Å². The van der Waals surface area contributed by atoms with Gasteiger partial charge in [-0.1, -0.05) is 31.4 Å². The number of aryl methyl sites for hydroxylation is 1. The second kappa shape index (κ2) is 7.53. The SMILES string of the molecule is CCCCCc1cc(O)c(C2C=C(C)CCC2)c(O)c1C(N)=O. The molecule has 1 aliphatic carbocycles.